The van der Waals surface area contributed by atoms with Crippen LogP contribution in [0.2, 0.25) is 0 Å². The molecule has 3 N–H and O–H groups in total. The van der Waals surface area contributed by atoms with E-state index in [0.717, 1.165) is 12.8 Å². The van der Waals surface area contributed by atoms with Gasteiger partial charge in [-0.05, 0) is 6.42 Å². The van der Waals surface area contributed by atoms with E-state index in [9.17, 15) is 14.7 Å². The lowest BCUT2D eigenvalue weighted by Gasteiger charge is -2.48. The summed E-state index contributed by atoms with van der Waals surface area (Å²) >= 11 is 0. The summed E-state index contributed by atoms with van der Waals surface area (Å²) in [6.45, 7) is 3.35. The normalized spacial score (nSPS) is 27.3. The third-order valence-corrected chi connectivity index (χ3v) is 3.31. The third kappa shape index (κ3) is 2.58. The predicted octanol–water partition coefficient (Wildman–Crippen LogP) is -1.55. The van der Waals surface area contributed by atoms with Gasteiger partial charge in [-0.15, -0.1) is 0 Å². The summed E-state index contributed by atoms with van der Waals surface area (Å²) in [5.74, 6) is -0.120. The fourth-order valence-electron chi connectivity index (χ4n) is 2.41. The molecule has 96 valence electrons. The zero-order valence-corrected chi connectivity index (χ0v) is 10.0. The van der Waals surface area contributed by atoms with Crippen LogP contribution < -0.4 is 10.6 Å². The fraction of sp³-hybridized carbons (Fsp3) is 0.818. The molecule has 0 aromatic heterocycles. The minimum absolute atomic E-state index is 0.0363. The maximum atomic E-state index is 12.0. The summed E-state index contributed by atoms with van der Waals surface area (Å²) in [6.07, 6.45) is 1.64. The van der Waals surface area contributed by atoms with E-state index in [1.165, 1.54) is 0 Å². The molecule has 2 aliphatic heterocycles. The van der Waals surface area contributed by atoms with Crippen LogP contribution in [0.25, 0.3) is 0 Å². The second-order valence-corrected chi connectivity index (χ2v) is 4.91. The van der Waals surface area contributed by atoms with Gasteiger partial charge in [0, 0.05) is 6.54 Å². The van der Waals surface area contributed by atoms with Crippen LogP contribution in [0.4, 0.5) is 0 Å². The monoisotopic (exact) mass is 241 g/mol. The fourth-order valence-corrected chi connectivity index (χ4v) is 2.41. The smallest absolute Gasteiger partial charge is 0.241 e. The summed E-state index contributed by atoms with van der Waals surface area (Å²) in [4.78, 5) is 24.6. The summed E-state index contributed by atoms with van der Waals surface area (Å²) < 4.78 is 0. The van der Waals surface area contributed by atoms with Crippen molar-refractivity contribution >= 4 is 11.8 Å². The third-order valence-electron chi connectivity index (χ3n) is 3.31. The minimum Gasteiger partial charge on any atom is -0.386 e. The molecule has 2 aliphatic rings. The van der Waals surface area contributed by atoms with Crippen LogP contribution in [-0.4, -0.2) is 59.6 Å². The molecule has 0 aliphatic carbocycles. The Kier molecular flexibility index (Phi) is 3.35. The van der Waals surface area contributed by atoms with Crippen molar-refractivity contribution < 1.29 is 14.7 Å². The van der Waals surface area contributed by atoms with Crippen molar-refractivity contribution in [3.8, 4) is 0 Å². The Morgan fingerprint density at radius 3 is 2.82 bits per heavy atom. The molecule has 1 atom stereocenters. The lowest BCUT2D eigenvalue weighted by molar-refractivity contribution is -0.159. The molecule has 17 heavy (non-hydrogen) atoms. The maximum absolute atomic E-state index is 12.0. The lowest BCUT2D eigenvalue weighted by atomic mass is 9.88. The predicted molar refractivity (Wildman–Crippen MR) is 61.2 cm³/mol. The van der Waals surface area contributed by atoms with Crippen molar-refractivity contribution in [2.45, 2.75) is 31.4 Å². The quantitative estimate of drug-likeness (QED) is 0.558. The van der Waals surface area contributed by atoms with Crippen LogP contribution in [-0.2, 0) is 9.59 Å². The number of carbonyl (C=O) groups excluding carboxylic acids is 2. The van der Waals surface area contributed by atoms with E-state index < -0.39 is 5.60 Å². The van der Waals surface area contributed by atoms with E-state index in [0.29, 0.717) is 19.6 Å². The van der Waals surface area contributed by atoms with Crippen LogP contribution in [0.15, 0.2) is 0 Å². The molecule has 2 amide bonds. The zero-order chi connectivity index (χ0) is 12.5. The number of likely N-dealkylation sites (tertiary alicyclic amines) is 1. The SMILES string of the molecule is CCCC1(O)CN(C(=O)C2CNC(=O)CN2)C1. The van der Waals surface area contributed by atoms with Crippen molar-refractivity contribution in [1.29, 1.82) is 0 Å². The number of amides is 2. The van der Waals surface area contributed by atoms with Gasteiger partial charge in [-0.3, -0.25) is 14.9 Å². The first-order valence-electron chi connectivity index (χ1n) is 6.05. The van der Waals surface area contributed by atoms with Crippen molar-refractivity contribution in [1.82, 2.24) is 15.5 Å². The summed E-state index contributed by atoms with van der Waals surface area (Å²) in [6, 6.07) is -0.348. The molecule has 0 spiro atoms. The van der Waals surface area contributed by atoms with E-state index in [1.54, 1.807) is 4.90 Å². The van der Waals surface area contributed by atoms with Gasteiger partial charge in [-0.1, -0.05) is 13.3 Å². The van der Waals surface area contributed by atoms with Gasteiger partial charge in [0.2, 0.25) is 11.8 Å². The second-order valence-electron chi connectivity index (χ2n) is 4.91. The van der Waals surface area contributed by atoms with Crippen molar-refractivity contribution in [3.05, 3.63) is 0 Å². The summed E-state index contributed by atoms with van der Waals surface area (Å²) in [5.41, 5.74) is -0.692. The van der Waals surface area contributed by atoms with E-state index in [1.807, 2.05) is 6.92 Å². The molecule has 2 saturated heterocycles. The number of piperazine rings is 1. The highest BCUT2D eigenvalue weighted by molar-refractivity contribution is 5.87. The number of hydrogen-bond donors (Lipinski definition) is 3. The molecule has 0 bridgehead atoms. The van der Waals surface area contributed by atoms with Gasteiger partial charge in [0.25, 0.3) is 0 Å². The van der Waals surface area contributed by atoms with E-state index in [4.69, 9.17) is 0 Å². The molecule has 1 unspecified atom stereocenters. The van der Waals surface area contributed by atoms with Gasteiger partial charge in [-0.25, -0.2) is 0 Å². The van der Waals surface area contributed by atoms with Crippen LogP contribution in [0.3, 0.4) is 0 Å². The van der Waals surface area contributed by atoms with Crippen molar-refractivity contribution in [2.24, 2.45) is 0 Å². The Morgan fingerprint density at radius 1 is 1.59 bits per heavy atom. The van der Waals surface area contributed by atoms with Crippen molar-refractivity contribution in [2.75, 3.05) is 26.2 Å². The van der Waals surface area contributed by atoms with Gasteiger partial charge in [0.15, 0.2) is 0 Å². The Labute approximate surface area is 100 Å². The molecular formula is C11H19N3O3. The van der Waals surface area contributed by atoms with Crippen LogP contribution >= 0.6 is 0 Å². The maximum Gasteiger partial charge on any atom is 0.241 e. The van der Waals surface area contributed by atoms with Gasteiger partial charge < -0.3 is 15.3 Å². The number of carbonyl (C=O) groups is 2. The van der Waals surface area contributed by atoms with Gasteiger partial charge in [-0.2, -0.15) is 0 Å². The number of nitrogens with zero attached hydrogens (tertiary/aromatic N) is 1. The second kappa shape index (κ2) is 4.62. The Balaban J connectivity index is 1.81. The van der Waals surface area contributed by atoms with Gasteiger partial charge >= 0.3 is 0 Å². The first-order chi connectivity index (χ1) is 8.04. The van der Waals surface area contributed by atoms with E-state index >= 15 is 0 Å². The largest absolute Gasteiger partial charge is 0.386 e. The first-order valence-corrected chi connectivity index (χ1v) is 6.05. The highest BCUT2D eigenvalue weighted by Crippen LogP contribution is 2.26. The standard InChI is InChI=1S/C11H19N3O3/c1-2-3-11(17)6-14(7-11)10(16)8-4-13-9(15)5-12-8/h8,12,17H,2-7H2,1H3,(H,13,15). The van der Waals surface area contributed by atoms with Gasteiger partial charge in [0.1, 0.15) is 6.04 Å². The number of β-amino-alcohol motifs (C(OH)–C–C–N with tert-alkyl or cyclic N) is 1. The Morgan fingerprint density at radius 2 is 2.29 bits per heavy atom. The topological polar surface area (TPSA) is 81.7 Å². The van der Waals surface area contributed by atoms with Crippen LogP contribution in [0.1, 0.15) is 19.8 Å². The number of hydrogen-bond acceptors (Lipinski definition) is 4. The molecule has 6 nitrogen and oxygen atoms in total. The molecular weight excluding hydrogens is 222 g/mol. The van der Waals surface area contributed by atoms with Gasteiger partial charge in [0.05, 0.1) is 25.2 Å². The molecule has 0 aromatic rings. The highest BCUT2D eigenvalue weighted by atomic mass is 16.3. The van der Waals surface area contributed by atoms with Crippen LogP contribution in [0.5, 0.6) is 0 Å². The molecule has 0 aromatic carbocycles. The zero-order valence-electron chi connectivity index (χ0n) is 10.0. The molecule has 6 heteroatoms. The number of rotatable bonds is 3. The average molecular weight is 241 g/mol. The molecule has 0 radical (unpaired) electrons. The lowest BCUT2D eigenvalue weighted by Crippen LogP contribution is -2.68. The highest BCUT2D eigenvalue weighted by Gasteiger charge is 2.44. The Hall–Kier alpha value is -1.14. The number of aliphatic hydroxyl groups is 1. The molecule has 0 saturated carbocycles. The first kappa shape index (κ1) is 12.3. The molecule has 2 fully saturated rings. The van der Waals surface area contributed by atoms with Crippen LogP contribution in [0, 0.1) is 0 Å². The minimum atomic E-state index is -0.692. The Bertz CT molecular complexity index is 316. The molecule has 2 rings (SSSR count). The van der Waals surface area contributed by atoms with E-state index in [2.05, 4.69) is 10.6 Å². The van der Waals surface area contributed by atoms with E-state index in [-0.39, 0.29) is 24.4 Å². The number of nitrogens with one attached hydrogen (secondary N) is 2. The summed E-state index contributed by atoms with van der Waals surface area (Å²) in [7, 11) is 0. The van der Waals surface area contributed by atoms with Crippen molar-refractivity contribution in [3.63, 3.8) is 0 Å². The average Bonchev–Trinajstić information content (AvgIpc) is 2.26. The molecule has 2 heterocycles. The summed E-state index contributed by atoms with van der Waals surface area (Å²) in [5, 5.41) is 15.5.